The van der Waals surface area contributed by atoms with Crippen molar-refractivity contribution in [3.05, 3.63) is 18.2 Å². The minimum atomic E-state index is 0.387. The Morgan fingerprint density at radius 1 is 1.50 bits per heavy atom. The highest BCUT2D eigenvalue weighted by atomic mass is 15.2. The largest absolute Gasteiger partial charge is 0.347 e. The molecule has 4 heteroatoms. The number of hydrogen-bond donors (Lipinski definition) is 2. The minimum absolute atomic E-state index is 0.387. The molecule has 3 unspecified atom stereocenters. The van der Waals surface area contributed by atoms with Crippen molar-refractivity contribution in [1.29, 1.82) is 0 Å². The zero-order chi connectivity index (χ0) is 12.4. The SMILES string of the molecule is CCC(NC1CCN2CCCC2C1)c1ncc[nH]1. The molecule has 4 nitrogen and oxygen atoms in total. The highest BCUT2D eigenvalue weighted by Gasteiger charge is 2.32. The lowest BCUT2D eigenvalue weighted by Crippen LogP contribution is -2.46. The summed E-state index contributed by atoms with van der Waals surface area (Å²) in [4.78, 5) is 10.3. The highest BCUT2D eigenvalue weighted by molar-refractivity contribution is 4.98. The van der Waals surface area contributed by atoms with Crippen molar-refractivity contribution in [2.24, 2.45) is 0 Å². The monoisotopic (exact) mass is 248 g/mol. The molecule has 100 valence electrons. The number of nitrogens with one attached hydrogen (secondary N) is 2. The van der Waals surface area contributed by atoms with Gasteiger partial charge in [-0.2, -0.15) is 0 Å². The molecule has 3 heterocycles. The number of fused-ring (bicyclic) bond motifs is 1. The van der Waals surface area contributed by atoms with Gasteiger partial charge in [-0.05, 0) is 45.2 Å². The Morgan fingerprint density at radius 3 is 3.22 bits per heavy atom. The van der Waals surface area contributed by atoms with E-state index >= 15 is 0 Å². The molecule has 2 aliphatic rings. The van der Waals surface area contributed by atoms with Gasteiger partial charge in [0.25, 0.3) is 0 Å². The molecule has 18 heavy (non-hydrogen) atoms. The lowest BCUT2D eigenvalue weighted by Gasteiger charge is -2.36. The number of nitrogens with zero attached hydrogens (tertiary/aromatic N) is 2. The molecule has 0 bridgehead atoms. The number of hydrogen-bond acceptors (Lipinski definition) is 3. The zero-order valence-electron chi connectivity index (χ0n) is 11.2. The van der Waals surface area contributed by atoms with E-state index in [1.807, 2.05) is 12.4 Å². The van der Waals surface area contributed by atoms with Crippen LogP contribution in [0.3, 0.4) is 0 Å². The molecule has 2 aliphatic heterocycles. The summed E-state index contributed by atoms with van der Waals surface area (Å²) in [5, 5.41) is 3.80. The molecule has 0 aliphatic carbocycles. The number of imidazole rings is 1. The number of aromatic amines is 1. The van der Waals surface area contributed by atoms with Crippen LogP contribution in [0.1, 0.15) is 50.9 Å². The summed E-state index contributed by atoms with van der Waals surface area (Å²) in [5.74, 6) is 1.09. The van der Waals surface area contributed by atoms with Crippen molar-refractivity contribution < 1.29 is 0 Å². The van der Waals surface area contributed by atoms with Crippen LogP contribution in [0.25, 0.3) is 0 Å². The van der Waals surface area contributed by atoms with Crippen molar-refractivity contribution in [1.82, 2.24) is 20.2 Å². The van der Waals surface area contributed by atoms with Gasteiger partial charge in [-0.25, -0.2) is 4.98 Å². The van der Waals surface area contributed by atoms with Gasteiger partial charge in [-0.15, -0.1) is 0 Å². The predicted molar refractivity (Wildman–Crippen MR) is 72.4 cm³/mol. The standard InChI is InChI=1S/C14H24N4/c1-2-13(14-15-6-7-16-14)17-11-5-9-18-8-3-4-12(18)10-11/h6-7,11-13,17H,2-5,8-10H2,1H3,(H,15,16). The summed E-state index contributed by atoms with van der Waals surface area (Å²) in [6.07, 6.45) is 10.3. The zero-order valence-corrected chi connectivity index (χ0v) is 11.2. The molecule has 2 fully saturated rings. The van der Waals surface area contributed by atoms with Crippen LogP contribution in [0.4, 0.5) is 0 Å². The van der Waals surface area contributed by atoms with E-state index in [-0.39, 0.29) is 0 Å². The van der Waals surface area contributed by atoms with E-state index in [2.05, 4.69) is 27.1 Å². The molecule has 1 aromatic rings. The van der Waals surface area contributed by atoms with Gasteiger partial charge in [0.05, 0.1) is 6.04 Å². The van der Waals surface area contributed by atoms with Crippen LogP contribution in [-0.2, 0) is 0 Å². The van der Waals surface area contributed by atoms with Gasteiger partial charge in [0, 0.05) is 24.5 Å². The maximum absolute atomic E-state index is 4.39. The smallest absolute Gasteiger partial charge is 0.123 e. The van der Waals surface area contributed by atoms with E-state index in [1.165, 1.54) is 38.8 Å². The first kappa shape index (κ1) is 12.2. The fourth-order valence-electron chi connectivity index (χ4n) is 3.52. The van der Waals surface area contributed by atoms with Gasteiger partial charge in [-0.1, -0.05) is 6.92 Å². The van der Waals surface area contributed by atoms with E-state index in [1.54, 1.807) is 0 Å². The molecule has 1 aromatic heterocycles. The van der Waals surface area contributed by atoms with Crippen molar-refractivity contribution in [2.45, 2.75) is 57.2 Å². The molecular formula is C14H24N4. The second-order valence-corrected chi connectivity index (χ2v) is 5.66. The second-order valence-electron chi connectivity index (χ2n) is 5.66. The topological polar surface area (TPSA) is 44.0 Å². The molecule has 3 atom stereocenters. The molecule has 0 aromatic carbocycles. The molecule has 2 N–H and O–H groups in total. The lowest BCUT2D eigenvalue weighted by molar-refractivity contribution is 0.159. The predicted octanol–water partition coefficient (Wildman–Crippen LogP) is 2.08. The van der Waals surface area contributed by atoms with Crippen LogP contribution in [0.15, 0.2) is 12.4 Å². The Bertz CT molecular complexity index is 362. The summed E-state index contributed by atoms with van der Waals surface area (Å²) in [6, 6.07) is 1.89. The first-order valence-corrected chi connectivity index (χ1v) is 7.36. The van der Waals surface area contributed by atoms with Crippen molar-refractivity contribution >= 4 is 0 Å². The Labute approximate surface area is 109 Å². The van der Waals surface area contributed by atoms with Crippen molar-refractivity contribution in [2.75, 3.05) is 13.1 Å². The normalized spacial score (nSPS) is 30.3. The summed E-state index contributed by atoms with van der Waals surface area (Å²) < 4.78 is 0. The Morgan fingerprint density at radius 2 is 2.44 bits per heavy atom. The first-order valence-electron chi connectivity index (χ1n) is 7.36. The number of rotatable bonds is 4. The fraction of sp³-hybridized carbons (Fsp3) is 0.786. The van der Waals surface area contributed by atoms with E-state index in [4.69, 9.17) is 0 Å². The Hall–Kier alpha value is -0.870. The van der Waals surface area contributed by atoms with E-state index in [9.17, 15) is 0 Å². The quantitative estimate of drug-likeness (QED) is 0.857. The molecule has 2 saturated heterocycles. The van der Waals surface area contributed by atoms with E-state index < -0.39 is 0 Å². The molecule has 0 amide bonds. The average molecular weight is 248 g/mol. The summed E-state index contributed by atoms with van der Waals surface area (Å²) in [7, 11) is 0. The van der Waals surface area contributed by atoms with Gasteiger partial charge in [-0.3, -0.25) is 0 Å². The average Bonchev–Trinajstić information content (AvgIpc) is 3.06. The first-order chi connectivity index (χ1) is 8.86. The number of H-pyrrole nitrogens is 1. The van der Waals surface area contributed by atoms with Crippen molar-refractivity contribution in [3.63, 3.8) is 0 Å². The van der Waals surface area contributed by atoms with Gasteiger partial charge >= 0.3 is 0 Å². The Balaban J connectivity index is 1.58. The maximum Gasteiger partial charge on any atom is 0.123 e. The van der Waals surface area contributed by atoms with Gasteiger partial charge in [0.2, 0.25) is 0 Å². The third-order valence-corrected chi connectivity index (χ3v) is 4.52. The third kappa shape index (κ3) is 2.45. The van der Waals surface area contributed by atoms with E-state index in [0.717, 1.165) is 18.3 Å². The van der Waals surface area contributed by atoms with Crippen LogP contribution in [0.5, 0.6) is 0 Å². The highest BCUT2D eigenvalue weighted by Crippen LogP contribution is 2.28. The van der Waals surface area contributed by atoms with Crippen LogP contribution in [-0.4, -0.2) is 40.0 Å². The summed E-state index contributed by atoms with van der Waals surface area (Å²) >= 11 is 0. The van der Waals surface area contributed by atoms with Crippen LogP contribution < -0.4 is 5.32 Å². The molecule has 0 saturated carbocycles. The van der Waals surface area contributed by atoms with Crippen molar-refractivity contribution in [3.8, 4) is 0 Å². The second kappa shape index (κ2) is 5.41. The molecule has 3 rings (SSSR count). The molecule has 0 spiro atoms. The van der Waals surface area contributed by atoms with Crippen LogP contribution >= 0.6 is 0 Å². The third-order valence-electron chi connectivity index (χ3n) is 4.52. The van der Waals surface area contributed by atoms with Crippen LogP contribution in [0, 0.1) is 0 Å². The van der Waals surface area contributed by atoms with Gasteiger partial charge in [0.1, 0.15) is 5.82 Å². The van der Waals surface area contributed by atoms with Crippen LogP contribution in [0.2, 0.25) is 0 Å². The van der Waals surface area contributed by atoms with Gasteiger partial charge in [0.15, 0.2) is 0 Å². The fourth-order valence-corrected chi connectivity index (χ4v) is 3.52. The molecule has 0 radical (unpaired) electrons. The number of piperidine rings is 1. The molecular weight excluding hydrogens is 224 g/mol. The number of aromatic nitrogens is 2. The van der Waals surface area contributed by atoms with E-state index in [0.29, 0.717) is 12.1 Å². The lowest BCUT2D eigenvalue weighted by atomic mass is 9.96. The Kier molecular flexibility index (Phi) is 3.66. The maximum atomic E-state index is 4.39. The summed E-state index contributed by atoms with van der Waals surface area (Å²) in [6.45, 7) is 4.83. The van der Waals surface area contributed by atoms with Gasteiger partial charge < -0.3 is 15.2 Å². The minimum Gasteiger partial charge on any atom is -0.347 e. The summed E-state index contributed by atoms with van der Waals surface area (Å²) in [5.41, 5.74) is 0.